The minimum atomic E-state index is -1.91. The van der Waals surface area contributed by atoms with Crippen molar-refractivity contribution >= 4 is 11.8 Å². The van der Waals surface area contributed by atoms with Crippen molar-refractivity contribution in [2.75, 3.05) is 6.54 Å². The smallest absolute Gasteiger partial charge is 0.255 e. The van der Waals surface area contributed by atoms with Crippen LogP contribution in [-0.4, -0.2) is 45.7 Å². The van der Waals surface area contributed by atoms with Gasteiger partial charge in [0.2, 0.25) is 0 Å². The average Bonchev–Trinajstić information content (AvgIpc) is 2.90. The van der Waals surface area contributed by atoms with E-state index in [9.17, 15) is 29.5 Å². The summed E-state index contributed by atoms with van der Waals surface area (Å²) < 4.78 is 13.4. The Balaban J connectivity index is 1.33. The molecule has 0 saturated carbocycles. The lowest BCUT2D eigenvalue weighted by Crippen LogP contribution is -2.51. The predicted molar refractivity (Wildman–Crippen MR) is 126 cm³/mol. The number of aliphatic hydroxyl groups excluding tert-OH is 2. The molecule has 178 valence electrons. The summed E-state index contributed by atoms with van der Waals surface area (Å²) in [7, 11) is 0. The molecular weight excluding hydrogens is 449 g/mol. The standard InChI is InChI=1S/C27H24FN3O4/c28-22-9-10-23(21(13-22)14-29)19-7-5-17(6-8-19)15-30-26(34)24(32)25(33)27(35)31-12-11-18-3-1-2-4-20(18)16-31/h1-10,13,24-25,32-33H,11-12,15-16H2,(H,30,34). The van der Waals surface area contributed by atoms with Crippen LogP contribution >= 0.6 is 0 Å². The summed E-state index contributed by atoms with van der Waals surface area (Å²) in [5, 5.41) is 32.3. The Morgan fingerprint density at radius 3 is 2.46 bits per heavy atom. The van der Waals surface area contributed by atoms with Gasteiger partial charge in [-0.15, -0.1) is 0 Å². The van der Waals surface area contributed by atoms with E-state index >= 15 is 0 Å². The molecule has 35 heavy (non-hydrogen) atoms. The Morgan fingerprint density at radius 1 is 1.03 bits per heavy atom. The van der Waals surface area contributed by atoms with Gasteiger partial charge >= 0.3 is 0 Å². The molecule has 1 heterocycles. The summed E-state index contributed by atoms with van der Waals surface area (Å²) >= 11 is 0. The summed E-state index contributed by atoms with van der Waals surface area (Å²) in [6.45, 7) is 0.770. The number of benzene rings is 3. The van der Waals surface area contributed by atoms with Gasteiger partial charge in [-0.2, -0.15) is 5.26 Å². The molecule has 0 saturated heterocycles. The minimum Gasteiger partial charge on any atom is -0.380 e. The highest BCUT2D eigenvalue weighted by molar-refractivity contribution is 5.90. The van der Waals surface area contributed by atoms with Crippen LogP contribution in [0.2, 0.25) is 0 Å². The van der Waals surface area contributed by atoms with Crippen molar-refractivity contribution in [1.82, 2.24) is 10.2 Å². The molecular formula is C27H24FN3O4. The highest BCUT2D eigenvalue weighted by Crippen LogP contribution is 2.24. The van der Waals surface area contributed by atoms with E-state index in [0.717, 1.165) is 11.1 Å². The molecule has 1 aliphatic heterocycles. The van der Waals surface area contributed by atoms with Gasteiger partial charge < -0.3 is 20.4 Å². The van der Waals surface area contributed by atoms with E-state index in [0.29, 0.717) is 36.2 Å². The van der Waals surface area contributed by atoms with Gasteiger partial charge in [0.15, 0.2) is 12.2 Å². The molecule has 3 N–H and O–H groups in total. The first-order chi connectivity index (χ1) is 16.9. The van der Waals surface area contributed by atoms with Crippen molar-refractivity contribution in [3.05, 3.63) is 94.8 Å². The molecule has 2 amide bonds. The molecule has 0 spiro atoms. The Kier molecular flexibility index (Phi) is 7.20. The van der Waals surface area contributed by atoms with Gasteiger partial charge in [-0.05, 0) is 46.4 Å². The summed E-state index contributed by atoms with van der Waals surface area (Å²) in [5.74, 6) is -2.05. The van der Waals surface area contributed by atoms with Crippen LogP contribution in [0.25, 0.3) is 11.1 Å². The van der Waals surface area contributed by atoms with Crippen LogP contribution in [0.1, 0.15) is 22.3 Å². The van der Waals surface area contributed by atoms with Crippen LogP contribution in [0.5, 0.6) is 0 Å². The number of nitrogens with zero attached hydrogens (tertiary/aromatic N) is 2. The summed E-state index contributed by atoms with van der Waals surface area (Å²) in [4.78, 5) is 26.5. The molecule has 0 aromatic heterocycles. The van der Waals surface area contributed by atoms with Gasteiger partial charge in [-0.1, -0.05) is 54.6 Å². The van der Waals surface area contributed by atoms with E-state index in [1.807, 2.05) is 30.3 Å². The summed E-state index contributed by atoms with van der Waals surface area (Å²) in [6, 6.07) is 20.6. The molecule has 1 aliphatic rings. The number of hydrogen-bond donors (Lipinski definition) is 3. The average molecular weight is 474 g/mol. The van der Waals surface area contributed by atoms with Crippen LogP contribution in [-0.2, 0) is 29.1 Å². The first-order valence-corrected chi connectivity index (χ1v) is 11.2. The second kappa shape index (κ2) is 10.5. The van der Waals surface area contributed by atoms with Gasteiger partial charge in [0, 0.05) is 19.6 Å². The second-order valence-corrected chi connectivity index (χ2v) is 8.38. The maximum atomic E-state index is 13.4. The van der Waals surface area contributed by atoms with Crippen LogP contribution in [0.15, 0.2) is 66.7 Å². The van der Waals surface area contributed by atoms with Gasteiger partial charge in [-0.3, -0.25) is 9.59 Å². The first-order valence-electron chi connectivity index (χ1n) is 11.2. The molecule has 0 aliphatic carbocycles. The van der Waals surface area contributed by atoms with Gasteiger partial charge in [0.05, 0.1) is 11.6 Å². The zero-order valence-corrected chi connectivity index (χ0v) is 18.8. The lowest BCUT2D eigenvalue weighted by atomic mass is 9.99. The number of hydrogen-bond acceptors (Lipinski definition) is 5. The van der Waals surface area contributed by atoms with Gasteiger partial charge in [0.1, 0.15) is 5.82 Å². The van der Waals surface area contributed by atoms with E-state index in [4.69, 9.17) is 0 Å². The summed E-state index contributed by atoms with van der Waals surface area (Å²) in [6.07, 6.45) is -3.14. The zero-order valence-electron chi connectivity index (χ0n) is 18.8. The number of halogens is 1. The third kappa shape index (κ3) is 5.38. The SMILES string of the molecule is N#Cc1cc(F)ccc1-c1ccc(CNC(=O)C(O)C(O)C(=O)N2CCc3ccccc3C2)cc1. The van der Waals surface area contributed by atoms with Crippen molar-refractivity contribution < 1.29 is 24.2 Å². The van der Waals surface area contributed by atoms with Crippen molar-refractivity contribution in [3.8, 4) is 17.2 Å². The number of rotatable bonds is 6. The van der Waals surface area contributed by atoms with E-state index in [1.165, 1.54) is 23.1 Å². The first kappa shape index (κ1) is 24.1. The number of aliphatic hydroxyl groups is 2. The molecule has 2 unspecified atom stereocenters. The quantitative estimate of drug-likeness (QED) is 0.508. The zero-order chi connectivity index (χ0) is 24.9. The second-order valence-electron chi connectivity index (χ2n) is 8.38. The molecule has 0 radical (unpaired) electrons. The molecule has 7 nitrogen and oxygen atoms in total. The molecule has 4 rings (SSSR count). The maximum absolute atomic E-state index is 13.4. The number of fused-ring (bicyclic) bond motifs is 1. The molecule has 3 aromatic rings. The monoisotopic (exact) mass is 473 g/mol. The Bertz CT molecular complexity index is 1290. The Morgan fingerprint density at radius 2 is 1.74 bits per heavy atom. The topological polar surface area (TPSA) is 114 Å². The number of carbonyl (C=O) groups is 2. The van der Waals surface area contributed by atoms with E-state index in [1.54, 1.807) is 24.3 Å². The van der Waals surface area contributed by atoms with Crippen molar-refractivity contribution in [2.24, 2.45) is 0 Å². The normalized spacial score (nSPS) is 14.4. The minimum absolute atomic E-state index is 0.0582. The van der Waals surface area contributed by atoms with E-state index in [2.05, 4.69) is 5.32 Å². The fourth-order valence-corrected chi connectivity index (χ4v) is 4.11. The van der Waals surface area contributed by atoms with Crippen LogP contribution < -0.4 is 5.32 Å². The Hall–Kier alpha value is -4.06. The number of nitrogens with one attached hydrogen (secondary N) is 1. The van der Waals surface area contributed by atoms with Crippen LogP contribution in [0, 0.1) is 17.1 Å². The third-order valence-electron chi connectivity index (χ3n) is 6.10. The highest BCUT2D eigenvalue weighted by Gasteiger charge is 2.34. The fourth-order valence-electron chi connectivity index (χ4n) is 4.11. The number of nitriles is 1. The fraction of sp³-hybridized carbons (Fsp3) is 0.222. The lowest BCUT2D eigenvalue weighted by molar-refractivity contribution is -0.153. The van der Waals surface area contributed by atoms with Gasteiger partial charge in [-0.25, -0.2) is 4.39 Å². The highest BCUT2D eigenvalue weighted by atomic mass is 19.1. The molecule has 0 fully saturated rings. The largest absolute Gasteiger partial charge is 0.380 e. The molecule has 2 atom stereocenters. The molecule has 0 bridgehead atoms. The van der Waals surface area contributed by atoms with Gasteiger partial charge in [0.25, 0.3) is 11.8 Å². The summed E-state index contributed by atoms with van der Waals surface area (Å²) in [5.41, 5.74) is 4.32. The molecule has 3 aromatic carbocycles. The maximum Gasteiger partial charge on any atom is 0.255 e. The number of amides is 2. The Labute approximate surface area is 202 Å². The van der Waals surface area contributed by atoms with Crippen LogP contribution in [0.3, 0.4) is 0 Å². The van der Waals surface area contributed by atoms with Crippen molar-refractivity contribution in [3.63, 3.8) is 0 Å². The van der Waals surface area contributed by atoms with E-state index < -0.39 is 29.8 Å². The van der Waals surface area contributed by atoms with Crippen molar-refractivity contribution in [1.29, 1.82) is 5.26 Å². The van der Waals surface area contributed by atoms with Crippen LogP contribution in [0.4, 0.5) is 4.39 Å². The van der Waals surface area contributed by atoms with E-state index in [-0.39, 0.29) is 12.1 Å². The predicted octanol–water partition coefficient (Wildman–Crippen LogP) is 2.29. The number of carbonyl (C=O) groups excluding carboxylic acids is 2. The molecule has 8 heteroatoms. The third-order valence-corrected chi connectivity index (χ3v) is 6.10. The lowest BCUT2D eigenvalue weighted by Gasteiger charge is -2.31. The van der Waals surface area contributed by atoms with Crippen molar-refractivity contribution in [2.45, 2.75) is 31.7 Å².